The number of hydrogen-bond acceptors (Lipinski definition) is 5. The van der Waals surface area contributed by atoms with E-state index in [4.69, 9.17) is 5.73 Å². The molecule has 3 amide bonds. The van der Waals surface area contributed by atoms with Crippen LogP contribution in [0.5, 0.6) is 0 Å². The molecule has 192 valence electrons. The lowest BCUT2D eigenvalue weighted by atomic mass is 9.98. The van der Waals surface area contributed by atoms with Crippen LogP contribution in [0.25, 0.3) is 10.9 Å². The van der Waals surface area contributed by atoms with Crippen molar-refractivity contribution in [1.29, 1.82) is 0 Å². The van der Waals surface area contributed by atoms with Gasteiger partial charge in [0.15, 0.2) is 0 Å². The number of nitrogens with two attached hydrogens (primary N) is 1. The van der Waals surface area contributed by atoms with Crippen molar-refractivity contribution in [1.82, 2.24) is 20.9 Å². The van der Waals surface area contributed by atoms with E-state index in [9.17, 15) is 24.3 Å². The Kier molecular flexibility index (Phi) is 10.3. The first kappa shape index (κ1) is 27.8. The average Bonchev–Trinajstić information content (AvgIpc) is 3.23. The molecule has 4 unspecified atom stereocenters. The van der Waals surface area contributed by atoms with Crippen molar-refractivity contribution in [2.75, 3.05) is 6.54 Å². The molecule has 0 aliphatic heterocycles. The molecular formula is C25H37N5O5. The highest BCUT2D eigenvalue weighted by Gasteiger charge is 2.28. The van der Waals surface area contributed by atoms with Gasteiger partial charge in [0.25, 0.3) is 0 Å². The van der Waals surface area contributed by atoms with Crippen LogP contribution in [0.15, 0.2) is 30.5 Å². The molecule has 0 aliphatic carbocycles. The van der Waals surface area contributed by atoms with Crippen LogP contribution >= 0.6 is 0 Å². The van der Waals surface area contributed by atoms with Gasteiger partial charge in [-0.1, -0.05) is 52.3 Å². The molecule has 0 saturated carbocycles. The standard InChI is InChI=1S/C25H37N5O5/c1-5-15(4)22(26)24(33)30-19(11-16-12-27-18-9-7-6-8-17(16)18)23(32)28-13-21(31)29-20(25(34)35)10-14(2)3/h6-9,12,14-15,19-20,22,27H,5,10-11,13,26H2,1-4H3,(H,28,32)(H,29,31)(H,30,33)(H,34,35). The predicted octanol–water partition coefficient (Wildman–Crippen LogP) is 1.30. The second-order valence-electron chi connectivity index (χ2n) is 9.34. The minimum atomic E-state index is -1.14. The number of carbonyl (C=O) groups excluding carboxylic acids is 3. The van der Waals surface area contributed by atoms with Crippen molar-refractivity contribution in [3.8, 4) is 0 Å². The Morgan fingerprint density at radius 1 is 1.03 bits per heavy atom. The number of aliphatic carboxylic acids is 1. The summed E-state index contributed by atoms with van der Waals surface area (Å²) in [5.41, 5.74) is 7.78. The van der Waals surface area contributed by atoms with Gasteiger partial charge < -0.3 is 31.8 Å². The van der Waals surface area contributed by atoms with Crippen LogP contribution in [0.4, 0.5) is 0 Å². The molecule has 0 radical (unpaired) electrons. The number of carbonyl (C=O) groups is 4. The molecule has 2 aromatic rings. The van der Waals surface area contributed by atoms with E-state index in [1.165, 1.54) is 0 Å². The highest BCUT2D eigenvalue weighted by Crippen LogP contribution is 2.19. The second kappa shape index (κ2) is 12.9. The van der Waals surface area contributed by atoms with E-state index in [2.05, 4.69) is 20.9 Å². The van der Waals surface area contributed by atoms with E-state index in [-0.39, 0.29) is 24.7 Å². The summed E-state index contributed by atoms with van der Waals surface area (Å²) >= 11 is 0. The van der Waals surface area contributed by atoms with Crippen molar-refractivity contribution >= 4 is 34.6 Å². The lowest BCUT2D eigenvalue weighted by Gasteiger charge is -2.23. The number of H-pyrrole nitrogens is 1. The Bertz CT molecular complexity index is 1030. The smallest absolute Gasteiger partial charge is 0.326 e. The van der Waals surface area contributed by atoms with E-state index in [1.54, 1.807) is 6.20 Å². The van der Waals surface area contributed by atoms with Gasteiger partial charge in [0.1, 0.15) is 12.1 Å². The summed E-state index contributed by atoms with van der Waals surface area (Å²) in [4.78, 5) is 52.6. The fourth-order valence-electron chi connectivity index (χ4n) is 3.74. The SMILES string of the molecule is CCC(C)C(N)C(=O)NC(Cc1c[nH]c2ccccc12)C(=O)NCC(=O)NC(CC(C)C)C(=O)O. The fourth-order valence-corrected chi connectivity index (χ4v) is 3.74. The summed E-state index contributed by atoms with van der Waals surface area (Å²) < 4.78 is 0. The number of para-hydroxylation sites is 1. The van der Waals surface area contributed by atoms with Crippen molar-refractivity contribution in [2.45, 2.75) is 65.1 Å². The average molecular weight is 488 g/mol. The maximum atomic E-state index is 13.0. The molecule has 0 saturated heterocycles. The summed E-state index contributed by atoms with van der Waals surface area (Å²) in [6.07, 6.45) is 2.93. The number of fused-ring (bicyclic) bond motifs is 1. The normalized spacial score (nSPS) is 14.7. The van der Waals surface area contributed by atoms with Crippen LogP contribution < -0.4 is 21.7 Å². The van der Waals surface area contributed by atoms with Crippen LogP contribution in [0.1, 0.15) is 46.1 Å². The Balaban J connectivity index is 2.12. The molecule has 1 aromatic carbocycles. The molecule has 0 spiro atoms. The van der Waals surface area contributed by atoms with Gasteiger partial charge in [-0.05, 0) is 29.9 Å². The first-order valence-corrected chi connectivity index (χ1v) is 11.9. The third kappa shape index (κ3) is 8.10. The maximum Gasteiger partial charge on any atom is 0.326 e. The van der Waals surface area contributed by atoms with Gasteiger partial charge in [0.2, 0.25) is 17.7 Å². The molecule has 10 nitrogen and oxygen atoms in total. The molecule has 4 atom stereocenters. The Labute approximate surface area is 205 Å². The summed E-state index contributed by atoms with van der Waals surface area (Å²) in [7, 11) is 0. The molecule has 0 fully saturated rings. The third-order valence-electron chi connectivity index (χ3n) is 6.06. The highest BCUT2D eigenvalue weighted by atomic mass is 16.4. The third-order valence-corrected chi connectivity index (χ3v) is 6.06. The fraction of sp³-hybridized carbons (Fsp3) is 0.520. The molecular weight excluding hydrogens is 450 g/mol. The van der Waals surface area contributed by atoms with Gasteiger partial charge in [0.05, 0.1) is 12.6 Å². The predicted molar refractivity (Wildman–Crippen MR) is 133 cm³/mol. The van der Waals surface area contributed by atoms with E-state index >= 15 is 0 Å². The number of aromatic nitrogens is 1. The topological polar surface area (TPSA) is 166 Å². The summed E-state index contributed by atoms with van der Waals surface area (Å²) in [6.45, 7) is 7.08. The van der Waals surface area contributed by atoms with Gasteiger partial charge in [0, 0.05) is 23.5 Å². The Morgan fingerprint density at radius 2 is 1.71 bits per heavy atom. The first-order chi connectivity index (χ1) is 16.5. The Morgan fingerprint density at radius 3 is 2.34 bits per heavy atom. The lowest BCUT2D eigenvalue weighted by molar-refractivity contribution is -0.142. The highest BCUT2D eigenvalue weighted by molar-refractivity contribution is 5.93. The zero-order chi connectivity index (χ0) is 26.1. The van der Waals surface area contributed by atoms with Gasteiger partial charge in [-0.3, -0.25) is 14.4 Å². The second-order valence-corrected chi connectivity index (χ2v) is 9.34. The maximum absolute atomic E-state index is 13.0. The van der Waals surface area contributed by atoms with Gasteiger partial charge >= 0.3 is 5.97 Å². The molecule has 0 bridgehead atoms. The summed E-state index contributed by atoms with van der Waals surface area (Å²) in [5, 5.41) is 17.9. The van der Waals surface area contributed by atoms with Crippen molar-refractivity contribution in [2.24, 2.45) is 17.6 Å². The summed E-state index contributed by atoms with van der Waals surface area (Å²) in [6, 6.07) is 4.79. The van der Waals surface area contributed by atoms with Gasteiger partial charge in [-0.2, -0.15) is 0 Å². The molecule has 35 heavy (non-hydrogen) atoms. The number of aromatic amines is 1. The first-order valence-electron chi connectivity index (χ1n) is 11.9. The van der Waals surface area contributed by atoms with E-state index in [0.717, 1.165) is 16.5 Å². The van der Waals surface area contributed by atoms with Gasteiger partial charge in [-0.25, -0.2) is 4.79 Å². The zero-order valence-electron chi connectivity index (χ0n) is 20.8. The van der Waals surface area contributed by atoms with Crippen LogP contribution in [0.2, 0.25) is 0 Å². The van der Waals surface area contributed by atoms with Crippen LogP contribution in [-0.4, -0.2) is 58.5 Å². The Hall–Kier alpha value is -3.40. The van der Waals surface area contributed by atoms with Crippen LogP contribution in [0, 0.1) is 11.8 Å². The number of hydrogen-bond donors (Lipinski definition) is 6. The minimum Gasteiger partial charge on any atom is -0.480 e. The molecule has 10 heteroatoms. The monoisotopic (exact) mass is 487 g/mol. The number of rotatable bonds is 13. The number of carboxylic acid groups (broad SMARTS) is 1. The van der Waals surface area contributed by atoms with Crippen molar-refractivity contribution in [3.63, 3.8) is 0 Å². The molecule has 1 heterocycles. The van der Waals surface area contributed by atoms with Crippen molar-refractivity contribution < 1.29 is 24.3 Å². The van der Waals surface area contributed by atoms with Crippen LogP contribution in [-0.2, 0) is 25.6 Å². The van der Waals surface area contributed by atoms with E-state index in [0.29, 0.717) is 6.42 Å². The zero-order valence-corrected chi connectivity index (χ0v) is 20.8. The quantitative estimate of drug-likeness (QED) is 0.249. The van der Waals surface area contributed by atoms with Crippen molar-refractivity contribution in [3.05, 3.63) is 36.0 Å². The molecule has 0 aliphatic rings. The number of amides is 3. The summed E-state index contributed by atoms with van der Waals surface area (Å²) in [5.74, 6) is -2.79. The van der Waals surface area contributed by atoms with E-state index in [1.807, 2.05) is 52.0 Å². The molecule has 7 N–H and O–H groups in total. The molecule has 1 aromatic heterocycles. The number of carboxylic acids is 1. The van der Waals surface area contributed by atoms with Crippen LogP contribution in [0.3, 0.4) is 0 Å². The minimum absolute atomic E-state index is 0.0662. The largest absolute Gasteiger partial charge is 0.480 e. The molecule has 2 rings (SSSR count). The lowest BCUT2D eigenvalue weighted by Crippen LogP contribution is -2.55. The van der Waals surface area contributed by atoms with Gasteiger partial charge in [-0.15, -0.1) is 0 Å². The number of benzene rings is 1. The number of nitrogens with one attached hydrogen (secondary N) is 4. The van der Waals surface area contributed by atoms with E-state index < -0.39 is 48.4 Å².